The second-order valence-corrected chi connectivity index (χ2v) is 9.86. The van der Waals surface area contributed by atoms with Crippen molar-refractivity contribution in [3.05, 3.63) is 11.6 Å². The molecule has 0 bridgehead atoms. The highest BCUT2D eigenvalue weighted by Gasteiger charge is 2.61. The summed E-state index contributed by atoms with van der Waals surface area (Å²) in [6.45, 7) is 0. The number of rotatable bonds is 0. The van der Waals surface area contributed by atoms with Crippen molar-refractivity contribution in [3.8, 4) is 0 Å². The summed E-state index contributed by atoms with van der Waals surface area (Å²) in [6, 6.07) is 0. The van der Waals surface area contributed by atoms with E-state index in [9.17, 15) is 0 Å². The third-order valence-electron chi connectivity index (χ3n) is 9.50. The van der Waals surface area contributed by atoms with Gasteiger partial charge in [0.25, 0.3) is 0 Å². The second-order valence-electron chi connectivity index (χ2n) is 9.86. The molecule has 0 aromatic rings. The van der Waals surface area contributed by atoms with Crippen molar-refractivity contribution in [2.75, 3.05) is 0 Å². The van der Waals surface area contributed by atoms with E-state index in [1.54, 1.807) is 57.8 Å². The minimum Gasteiger partial charge on any atom is -0.0850 e. The molecule has 0 amide bonds. The summed E-state index contributed by atoms with van der Waals surface area (Å²) in [7, 11) is 0. The fourth-order valence-corrected chi connectivity index (χ4v) is 9.09. The van der Waals surface area contributed by atoms with Gasteiger partial charge in [0, 0.05) is 0 Å². The Balaban J connectivity index is 1.46. The summed E-state index contributed by atoms with van der Waals surface area (Å²) in [6.07, 6.45) is 20.0. The lowest BCUT2D eigenvalue weighted by molar-refractivity contribution is -0.0417. The first-order valence-corrected chi connectivity index (χ1v) is 10.6. The van der Waals surface area contributed by atoms with Crippen LogP contribution in [0.3, 0.4) is 0 Å². The molecule has 6 aliphatic carbocycles. The van der Waals surface area contributed by atoms with Crippen LogP contribution in [0.25, 0.3) is 0 Å². The van der Waals surface area contributed by atoms with E-state index < -0.39 is 0 Å². The van der Waals surface area contributed by atoms with Gasteiger partial charge >= 0.3 is 0 Å². The maximum Gasteiger partial charge on any atom is -0.0141 e. The maximum atomic E-state index is 2.74. The average Bonchev–Trinajstić information content (AvgIpc) is 2.90. The third kappa shape index (κ3) is 1.56. The van der Waals surface area contributed by atoms with Gasteiger partial charge in [-0.05, 0) is 111 Å². The van der Waals surface area contributed by atoms with Crippen LogP contribution in [0, 0.1) is 53.3 Å². The lowest BCUT2D eigenvalue weighted by Crippen LogP contribution is -2.50. The fraction of sp³-hybridized carbons (Fsp3) is 0.909. The standard InChI is InChI=1S/C22H32/c1-2-7-17-16(6-1)18-11-10-14-9-8-13-4-3-5-15-12-19(17)22(18)21(14)20(13)15/h5,13-14,16-22H,1-4,6-12H2. The Bertz CT molecular complexity index is 502. The molecule has 5 fully saturated rings. The van der Waals surface area contributed by atoms with Crippen molar-refractivity contribution in [1.82, 2.24) is 0 Å². The van der Waals surface area contributed by atoms with Gasteiger partial charge in [0.2, 0.25) is 0 Å². The van der Waals surface area contributed by atoms with Gasteiger partial charge in [-0.1, -0.05) is 24.5 Å². The van der Waals surface area contributed by atoms with Crippen molar-refractivity contribution in [2.45, 2.75) is 70.6 Å². The molecule has 0 nitrogen and oxygen atoms in total. The van der Waals surface area contributed by atoms with E-state index in [0.717, 1.165) is 41.4 Å². The van der Waals surface area contributed by atoms with E-state index in [1.165, 1.54) is 24.7 Å². The van der Waals surface area contributed by atoms with Crippen molar-refractivity contribution in [1.29, 1.82) is 0 Å². The zero-order valence-electron chi connectivity index (χ0n) is 14.1. The minimum absolute atomic E-state index is 1.07. The molecule has 9 atom stereocenters. The first kappa shape index (κ1) is 13.1. The molecule has 0 spiro atoms. The summed E-state index contributed by atoms with van der Waals surface area (Å²) in [5.74, 6) is 10.2. The van der Waals surface area contributed by atoms with Crippen LogP contribution < -0.4 is 0 Å². The van der Waals surface area contributed by atoms with Gasteiger partial charge in [-0.2, -0.15) is 0 Å². The predicted octanol–water partition coefficient (Wildman–Crippen LogP) is 5.83. The zero-order valence-corrected chi connectivity index (χ0v) is 14.1. The predicted molar refractivity (Wildman–Crippen MR) is 90.3 cm³/mol. The van der Waals surface area contributed by atoms with Gasteiger partial charge in [0.05, 0.1) is 0 Å². The van der Waals surface area contributed by atoms with E-state index in [0.29, 0.717) is 0 Å². The molecule has 0 radical (unpaired) electrons. The van der Waals surface area contributed by atoms with E-state index in [4.69, 9.17) is 0 Å². The smallest absolute Gasteiger partial charge is 0.0141 e. The highest BCUT2D eigenvalue weighted by molar-refractivity contribution is 5.24. The summed E-state index contributed by atoms with van der Waals surface area (Å²) in [5, 5.41) is 0. The van der Waals surface area contributed by atoms with E-state index in [2.05, 4.69) is 6.08 Å². The molecule has 0 N–H and O–H groups in total. The molecule has 6 rings (SSSR count). The Kier molecular flexibility index (Phi) is 2.76. The summed E-state index contributed by atoms with van der Waals surface area (Å²) in [4.78, 5) is 0. The van der Waals surface area contributed by atoms with Gasteiger partial charge in [-0.25, -0.2) is 0 Å². The van der Waals surface area contributed by atoms with E-state index in [-0.39, 0.29) is 0 Å². The molecule has 0 aromatic heterocycles. The molecular weight excluding hydrogens is 264 g/mol. The molecule has 9 unspecified atom stereocenters. The van der Waals surface area contributed by atoms with Crippen molar-refractivity contribution < 1.29 is 0 Å². The van der Waals surface area contributed by atoms with E-state index >= 15 is 0 Å². The topological polar surface area (TPSA) is 0 Å². The number of fused-ring (bicyclic) bond motifs is 3. The maximum absolute atomic E-state index is 2.74. The molecule has 120 valence electrons. The number of hydrogen-bond acceptors (Lipinski definition) is 0. The van der Waals surface area contributed by atoms with E-state index in [1.807, 2.05) is 5.57 Å². The third-order valence-corrected chi connectivity index (χ3v) is 9.50. The molecule has 0 saturated heterocycles. The van der Waals surface area contributed by atoms with Crippen molar-refractivity contribution >= 4 is 0 Å². The quantitative estimate of drug-likeness (QED) is 0.493. The molecular formula is C22H32. The Hall–Kier alpha value is -0.260. The van der Waals surface area contributed by atoms with Crippen LogP contribution in [0.5, 0.6) is 0 Å². The van der Waals surface area contributed by atoms with Crippen LogP contribution in [-0.4, -0.2) is 0 Å². The SMILES string of the molecule is C1=C2CC3C4CCCCC4C4CCC5CCC(CC1)C2C5C43. The molecule has 6 aliphatic rings. The van der Waals surface area contributed by atoms with Crippen LogP contribution in [0.15, 0.2) is 11.6 Å². The first-order valence-electron chi connectivity index (χ1n) is 10.6. The summed E-state index contributed by atoms with van der Waals surface area (Å²) in [5.41, 5.74) is 1.99. The van der Waals surface area contributed by atoms with Gasteiger partial charge in [0.1, 0.15) is 0 Å². The highest BCUT2D eigenvalue weighted by atomic mass is 14.7. The molecule has 5 saturated carbocycles. The molecule has 22 heavy (non-hydrogen) atoms. The largest absolute Gasteiger partial charge is 0.0850 e. The summed E-state index contributed by atoms with van der Waals surface area (Å²) < 4.78 is 0. The molecule has 0 heteroatoms. The van der Waals surface area contributed by atoms with Crippen LogP contribution >= 0.6 is 0 Å². The van der Waals surface area contributed by atoms with Gasteiger partial charge in [-0.15, -0.1) is 0 Å². The van der Waals surface area contributed by atoms with Crippen LogP contribution in [-0.2, 0) is 0 Å². The average molecular weight is 296 g/mol. The van der Waals surface area contributed by atoms with Crippen molar-refractivity contribution in [3.63, 3.8) is 0 Å². The lowest BCUT2D eigenvalue weighted by atomic mass is 9.47. The molecule has 0 heterocycles. The Morgan fingerprint density at radius 2 is 1.41 bits per heavy atom. The van der Waals surface area contributed by atoms with Crippen LogP contribution in [0.2, 0.25) is 0 Å². The minimum atomic E-state index is 1.07. The Morgan fingerprint density at radius 1 is 0.636 bits per heavy atom. The highest BCUT2D eigenvalue weighted by Crippen LogP contribution is 2.69. The lowest BCUT2D eigenvalue weighted by Gasteiger charge is -2.57. The van der Waals surface area contributed by atoms with Gasteiger partial charge < -0.3 is 0 Å². The van der Waals surface area contributed by atoms with Crippen LogP contribution in [0.4, 0.5) is 0 Å². The fourth-order valence-electron chi connectivity index (χ4n) is 9.09. The van der Waals surface area contributed by atoms with Gasteiger partial charge in [-0.3, -0.25) is 0 Å². The van der Waals surface area contributed by atoms with Crippen LogP contribution in [0.1, 0.15) is 70.6 Å². The first-order chi connectivity index (χ1) is 10.9. The van der Waals surface area contributed by atoms with Gasteiger partial charge in [0.15, 0.2) is 0 Å². The monoisotopic (exact) mass is 296 g/mol. The summed E-state index contributed by atoms with van der Waals surface area (Å²) >= 11 is 0. The number of allylic oxidation sites excluding steroid dienone is 2. The number of hydrogen-bond donors (Lipinski definition) is 0. The van der Waals surface area contributed by atoms with Crippen molar-refractivity contribution in [2.24, 2.45) is 53.3 Å². The Morgan fingerprint density at radius 3 is 2.32 bits per heavy atom. The Labute approximate surface area is 136 Å². The normalized spacial score (nSPS) is 58.5. The molecule has 0 aromatic carbocycles. The zero-order chi connectivity index (χ0) is 14.3. The second kappa shape index (κ2) is 4.64. The molecule has 0 aliphatic heterocycles.